The summed E-state index contributed by atoms with van der Waals surface area (Å²) in [6.45, 7) is 9.87. The summed E-state index contributed by atoms with van der Waals surface area (Å²) in [5.74, 6) is 0.158. The van der Waals surface area contributed by atoms with Crippen LogP contribution in [-0.2, 0) is 4.74 Å². The Morgan fingerprint density at radius 1 is 1.62 bits per heavy atom. The van der Waals surface area contributed by atoms with Gasteiger partial charge in [-0.3, -0.25) is 0 Å². The molecule has 0 aromatic carbocycles. The smallest absolute Gasteiger partial charge is 0.410 e. The number of likely N-dealkylation sites (tertiary alicyclic amines) is 1. The van der Waals surface area contributed by atoms with Gasteiger partial charge in [0.25, 0.3) is 0 Å². The highest BCUT2D eigenvalue weighted by Crippen LogP contribution is 2.29. The molecule has 4 heteroatoms. The third kappa shape index (κ3) is 2.98. The van der Waals surface area contributed by atoms with Crippen LogP contribution in [0.4, 0.5) is 4.79 Å². The Bertz CT molecular complexity index is 270. The number of aliphatic hydroxyl groups excluding tert-OH is 1. The molecule has 0 bridgehead atoms. The van der Waals surface area contributed by atoms with E-state index in [1.807, 2.05) is 20.8 Å². The Kier molecular flexibility index (Phi) is 3.97. The van der Waals surface area contributed by atoms with Crippen LogP contribution >= 0.6 is 0 Å². The van der Waals surface area contributed by atoms with Crippen molar-refractivity contribution in [3.05, 3.63) is 12.7 Å². The molecular weight excluding hydrogens is 206 g/mol. The maximum absolute atomic E-state index is 11.8. The van der Waals surface area contributed by atoms with Gasteiger partial charge in [-0.1, -0.05) is 6.08 Å². The first kappa shape index (κ1) is 13.0. The summed E-state index contributed by atoms with van der Waals surface area (Å²) in [6, 6.07) is 0.0392. The summed E-state index contributed by atoms with van der Waals surface area (Å²) in [5, 5.41) is 9.10. The van der Waals surface area contributed by atoms with Crippen molar-refractivity contribution in [1.82, 2.24) is 4.90 Å². The predicted octanol–water partition coefficient (Wildman–Crippen LogP) is 1.79. The quantitative estimate of drug-likeness (QED) is 0.748. The fourth-order valence-corrected chi connectivity index (χ4v) is 1.83. The van der Waals surface area contributed by atoms with Crippen LogP contribution in [0, 0.1) is 5.92 Å². The molecule has 2 atom stereocenters. The van der Waals surface area contributed by atoms with E-state index in [-0.39, 0.29) is 24.7 Å². The number of carbonyl (C=O) groups is 1. The van der Waals surface area contributed by atoms with Crippen molar-refractivity contribution in [2.75, 3.05) is 13.2 Å². The fourth-order valence-electron chi connectivity index (χ4n) is 1.83. The Hall–Kier alpha value is -1.03. The number of hydrogen-bond acceptors (Lipinski definition) is 3. The van der Waals surface area contributed by atoms with Crippen molar-refractivity contribution in [3.8, 4) is 0 Å². The molecule has 92 valence electrons. The summed E-state index contributed by atoms with van der Waals surface area (Å²) in [4.78, 5) is 13.4. The highest BCUT2D eigenvalue weighted by molar-refractivity contribution is 5.69. The van der Waals surface area contributed by atoms with E-state index in [0.717, 1.165) is 0 Å². The standard InChI is InChI=1S/C12H21NO3/c1-5-6-10-9(8-14)7-13(10)11(15)16-12(2,3)4/h5,9-10,14H,1,6-8H2,2-4H3. The molecule has 1 N–H and O–H groups in total. The minimum Gasteiger partial charge on any atom is -0.444 e. The Labute approximate surface area is 96.9 Å². The summed E-state index contributed by atoms with van der Waals surface area (Å²) >= 11 is 0. The molecular formula is C12H21NO3. The van der Waals surface area contributed by atoms with Crippen molar-refractivity contribution in [3.63, 3.8) is 0 Å². The first-order valence-electron chi connectivity index (χ1n) is 5.60. The maximum atomic E-state index is 11.8. The van der Waals surface area contributed by atoms with Crippen molar-refractivity contribution >= 4 is 6.09 Å². The van der Waals surface area contributed by atoms with E-state index in [4.69, 9.17) is 9.84 Å². The summed E-state index contributed by atoms with van der Waals surface area (Å²) in [7, 11) is 0. The lowest BCUT2D eigenvalue weighted by atomic mass is 9.87. The predicted molar refractivity (Wildman–Crippen MR) is 62.1 cm³/mol. The average Bonchev–Trinajstić information content (AvgIpc) is 2.10. The molecule has 0 aromatic rings. The lowest BCUT2D eigenvalue weighted by Gasteiger charge is -2.47. The second kappa shape index (κ2) is 4.87. The van der Waals surface area contributed by atoms with E-state index >= 15 is 0 Å². The van der Waals surface area contributed by atoms with Gasteiger partial charge in [0.1, 0.15) is 5.60 Å². The number of carbonyl (C=O) groups excluding carboxylic acids is 1. The molecule has 1 rings (SSSR count). The topological polar surface area (TPSA) is 49.8 Å². The van der Waals surface area contributed by atoms with E-state index in [0.29, 0.717) is 13.0 Å². The van der Waals surface area contributed by atoms with Gasteiger partial charge in [-0.25, -0.2) is 4.79 Å². The third-order valence-corrected chi connectivity index (χ3v) is 2.65. The van der Waals surface area contributed by atoms with Gasteiger partial charge in [0.2, 0.25) is 0 Å². The fraction of sp³-hybridized carbons (Fsp3) is 0.750. The molecule has 1 saturated heterocycles. The van der Waals surface area contributed by atoms with Crippen LogP contribution in [0.1, 0.15) is 27.2 Å². The van der Waals surface area contributed by atoms with Crippen molar-refractivity contribution in [1.29, 1.82) is 0 Å². The summed E-state index contributed by atoms with van der Waals surface area (Å²) < 4.78 is 5.28. The summed E-state index contributed by atoms with van der Waals surface area (Å²) in [5.41, 5.74) is -0.472. The normalized spacial score (nSPS) is 24.9. The minimum absolute atomic E-state index is 0.0392. The molecule has 1 amide bonds. The first-order valence-corrected chi connectivity index (χ1v) is 5.60. The molecule has 1 heterocycles. The molecule has 2 unspecified atom stereocenters. The average molecular weight is 227 g/mol. The van der Waals surface area contributed by atoms with Crippen LogP contribution in [-0.4, -0.2) is 40.9 Å². The lowest BCUT2D eigenvalue weighted by molar-refractivity contribution is -0.0420. The molecule has 0 radical (unpaired) electrons. The van der Waals surface area contributed by atoms with Crippen LogP contribution in [0.15, 0.2) is 12.7 Å². The number of rotatable bonds is 3. The zero-order valence-electron chi connectivity index (χ0n) is 10.3. The van der Waals surface area contributed by atoms with Crippen LogP contribution in [0.3, 0.4) is 0 Å². The van der Waals surface area contributed by atoms with Crippen LogP contribution in [0.2, 0.25) is 0 Å². The van der Waals surface area contributed by atoms with Gasteiger partial charge in [-0.15, -0.1) is 6.58 Å². The van der Waals surface area contributed by atoms with E-state index in [1.54, 1.807) is 11.0 Å². The van der Waals surface area contributed by atoms with E-state index in [1.165, 1.54) is 0 Å². The molecule has 4 nitrogen and oxygen atoms in total. The van der Waals surface area contributed by atoms with E-state index in [2.05, 4.69) is 6.58 Å². The van der Waals surface area contributed by atoms with Crippen LogP contribution in [0.25, 0.3) is 0 Å². The maximum Gasteiger partial charge on any atom is 0.410 e. The van der Waals surface area contributed by atoms with Crippen LogP contribution in [0.5, 0.6) is 0 Å². The molecule has 1 aliphatic rings. The van der Waals surface area contributed by atoms with E-state index < -0.39 is 5.60 Å². The van der Waals surface area contributed by atoms with Gasteiger partial charge in [-0.2, -0.15) is 0 Å². The number of amides is 1. The zero-order chi connectivity index (χ0) is 12.3. The van der Waals surface area contributed by atoms with Crippen molar-refractivity contribution in [2.45, 2.75) is 38.8 Å². The second-order valence-corrected chi connectivity index (χ2v) is 5.17. The zero-order valence-corrected chi connectivity index (χ0v) is 10.3. The number of nitrogens with zero attached hydrogens (tertiary/aromatic N) is 1. The highest BCUT2D eigenvalue weighted by Gasteiger charge is 2.42. The minimum atomic E-state index is -0.472. The highest BCUT2D eigenvalue weighted by atomic mass is 16.6. The van der Waals surface area contributed by atoms with Crippen molar-refractivity contribution < 1.29 is 14.6 Å². The number of ether oxygens (including phenoxy) is 1. The molecule has 1 fully saturated rings. The second-order valence-electron chi connectivity index (χ2n) is 5.17. The van der Waals surface area contributed by atoms with Gasteiger partial charge in [0.05, 0.1) is 0 Å². The molecule has 16 heavy (non-hydrogen) atoms. The Balaban J connectivity index is 2.54. The number of aliphatic hydroxyl groups is 1. The van der Waals surface area contributed by atoms with Crippen molar-refractivity contribution in [2.24, 2.45) is 5.92 Å². The number of hydrogen-bond donors (Lipinski definition) is 1. The first-order chi connectivity index (χ1) is 7.39. The third-order valence-electron chi connectivity index (χ3n) is 2.65. The molecule has 0 aliphatic carbocycles. The summed E-state index contributed by atoms with van der Waals surface area (Å²) in [6.07, 6.45) is 2.16. The van der Waals surface area contributed by atoms with Gasteiger partial charge >= 0.3 is 6.09 Å². The Morgan fingerprint density at radius 2 is 2.25 bits per heavy atom. The largest absolute Gasteiger partial charge is 0.444 e. The van der Waals surface area contributed by atoms with Gasteiger partial charge < -0.3 is 14.7 Å². The SMILES string of the molecule is C=CCC1C(CO)CN1C(=O)OC(C)(C)C. The monoisotopic (exact) mass is 227 g/mol. The molecule has 0 aromatic heterocycles. The molecule has 1 aliphatic heterocycles. The van der Waals surface area contributed by atoms with Crippen LogP contribution < -0.4 is 0 Å². The van der Waals surface area contributed by atoms with Gasteiger partial charge in [0, 0.05) is 25.1 Å². The van der Waals surface area contributed by atoms with Gasteiger partial charge in [-0.05, 0) is 27.2 Å². The molecule has 0 saturated carbocycles. The van der Waals surface area contributed by atoms with E-state index in [9.17, 15) is 4.79 Å². The van der Waals surface area contributed by atoms with Gasteiger partial charge in [0.15, 0.2) is 0 Å². The molecule has 0 spiro atoms. The Morgan fingerprint density at radius 3 is 2.69 bits per heavy atom. The lowest BCUT2D eigenvalue weighted by Crippen LogP contribution is -2.60.